The number of rotatable bonds is 6. The molecule has 0 radical (unpaired) electrons. The third-order valence-corrected chi connectivity index (χ3v) is 5.03. The van der Waals surface area contributed by atoms with Crippen LogP contribution in [0.15, 0.2) is 41.5 Å². The molecule has 0 saturated heterocycles. The van der Waals surface area contributed by atoms with E-state index >= 15 is 0 Å². The van der Waals surface area contributed by atoms with Crippen LogP contribution in [0.5, 0.6) is 0 Å². The molecule has 0 aliphatic rings. The predicted octanol–water partition coefficient (Wildman–Crippen LogP) is 5.72. The standard InChI is InChI=1S/C21H15Cl2F4N3O3/c1-2-3-6-33-20(32)19-17(31)4-5-30(29-19)16-8-12(15(24)9-13(16)22)18-14(23)7-11(10-28-18)21(25,26)27/h4-5,7-10H,2-3,6H2,1H3. The van der Waals surface area contributed by atoms with Crippen molar-refractivity contribution in [3.63, 3.8) is 0 Å². The van der Waals surface area contributed by atoms with Gasteiger partial charge in [0.2, 0.25) is 11.1 Å². The Bertz CT molecular complexity index is 1260. The number of hydrogen-bond donors (Lipinski definition) is 0. The maximum atomic E-state index is 14.6. The van der Waals surface area contributed by atoms with E-state index in [0.717, 1.165) is 29.3 Å². The van der Waals surface area contributed by atoms with E-state index in [2.05, 4.69) is 10.1 Å². The van der Waals surface area contributed by atoms with Gasteiger partial charge < -0.3 is 4.74 Å². The van der Waals surface area contributed by atoms with Gasteiger partial charge in [-0.3, -0.25) is 9.78 Å². The first-order valence-corrected chi connectivity index (χ1v) is 10.3. The number of halogens is 6. The van der Waals surface area contributed by atoms with E-state index in [4.69, 9.17) is 27.9 Å². The third-order valence-electron chi connectivity index (χ3n) is 4.44. The summed E-state index contributed by atoms with van der Waals surface area (Å²) in [6.07, 6.45) is -1.59. The average molecular weight is 504 g/mol. The molecule has 12 heteroatoms. The Labute approximate surface area is 194 Å². The number of hydrogen-bond acceptors (Lipinski definition) is 5. The molecule has 33 heavy (non-hydrogen) atoms. The van der Waals surface area contributed by atoms with Gasteiger partial charge in [0.15, 0.2) is 0 Å². The maximum Gasteiger partial charge on any atom is 0.417 e. The number of nitrogens with zero attached hydrogens (tertiary/aromatic N) is 3. The van der Waals surface area contributed by atoms with Crippen molar-refractivity contribution in [3.05, 3.63) is 74.0 Å². The van der Waals surface area contributed by atoms with Crippen LogP contribution in [0.4, 0.5) is 17.6 Å². The van der Waals surface area contributed by atoms with Crippen LogP contribution >= 0.6 is 23.2 Å². The molecule has 0 amide bonds. The molecule has 0 saturated carbocycles. The molecule has 0 spiro atoms. The molecule has 0 unspecified atom stereocenters. The Hall–Kier alpha value is -2.98. The first-order chi connectivity index (χ1) is 15.5. The Kier molecular flexibility index (Phi) is 7.38. The molecule has 0 fully saturated rings. The molecule has 3 rings (SSSR count). The number of carbonyl (C=O) groups excluding carboxylic acids is 1. The summed E-state index contributed by atoms with van der Waals surface area (Å²) in [4.78, 5) is 27.9. The zero-order chi connectivity index (χ0) is 24.3. The molecule has 2 heterocycles. The Balaban J connectivity index is 2.07. The number of benzene rings is 1. The molecular formula is C21H15Cl2F4N3O3. The van der Waals surface area contributed by atoms with Gasteiger partial charge in [-0.2, -0.15) is 18.3 Å². The summed E-state index contributed by atoms with van der Waals surface area (Å²) in [6, 6.07) is 3.70. The van der Waals surface area contributed by atoms with E-state index in [-0.39, 0.29) is 28.6 Å². The van der Waals surface area contributed by atoms with Gasteiger partial charge in [0, 0.05) is 24.0 Å². The summed E-state index contributed by atoms with van der Waals surface area (Å²) in [6.45, 7) is 2.00. The fraction of sp³-hybridized carbons (Fsp3) is 0.238. The number of esters is 1. The zero-order valence-electron chi connectivity index (χ0n) is 16.9. The lowest BCUT2D eigenvalue weighted by Crippen LogP contribution is -2.22. The molecule has 3 aromatic rings. The molecular weight excluding hydrogens is 489 g/mol. The van der Waals surface area contributed by atoms with Gasteiger partial charge in [0.05, 0.1) is 33.6 Å². The van der Waals surface area contributed by atoms with E-state index in [1.165, 1.54) is 6.20 Å². The van der Waals surface area contributed by atoms with Crippen LogP contribution in [-0.2, 0) is 10.9 Å². The minimum atomic E-state index is -4.68. The Morgan fingerprint density at radius 1 is 1.18 bits per heavy atom. The maximum absolute atomic E-state index is 14.6. The summed E-state index contributed by atoms with van der Waals surface area (Å²) < 4.78 is 59.3. The SMILES string of the molecule is CCCCOC(=O)c1nn(-c2cc(-c3ncc(C(F)(F)F)cc3Cl)c(F)cc2Cl)ccc1=O. The lowest BCUT2D eigenvalue weighted by molar-refractivity contribution is -0.137. The first kappa shape index (κ1) is 24.7. The highest BCUT2D eigenvalue weighted by atomic mass is 35.5. The first-order valence-electron chi connectivity index (χ1n) is 9.52. The number of pyridine rings is 1. The molecule has 0 N–H and O–H groups in total. The van der Waals surface area contributed by atoms with E-state index in [0.29, 0.717) is 18.7 Å². The van der Waals surface area contributed by atoms with E-state index in [1.807, 2.05) is 6.92 Å². The number of carbonyl (C=O) groups is 1. The molecule has 1 aromatic carbocycles. The van der Waals surface area contributed by atoms with Gasteiger partial charge in [-0.15, -0.1) is 0 Å². The minimum absolute atomic E-state index is 0.0217. The lowest BCUT2D eigenvalue weighted by atomic mass is 10.1. The fourth-order valence-electron chi connectivity index (χ4n) is 2.75. The quantitative estimate of drug-likeness (QED) is 0.244. The van der Waals surface area contributed by atoms with Crippen molar-refractivity contribution < 1.29 is 27.1 Å². The van der Waals surface area contributed by atoms with Crippen molar-refractivity contribution in [2.45, 2.75) is 25.9 Å². The van der Waals surface area contributed by atoms with Gasteiger partial charge in [-0.1, -0.05) is 36.5 Å². The molecule has 2 aromatic heterocycles. The fourth-order valence-corrected chi connectivity index (χ4v) is 3.25. The van der Waals surface area contributed by atoms with E-state index in [1.54, 1.807) is 0 Å². The highest BCUT2D eigenvalue weighted by Gasteiger charge is 2.32. The van der Waals surface area contributed by atoms with Crippen LogP contribution in [0.1, 0.15) is 35.8 Å². The van der Waals surface area contributed by atoms with Gasteiger partial charge in [-0.25, -0.2) is 13.9 Å². The monoisotopic (exact) mass is 503 g/mol. The number of unbranched alkanes of at least 4 members (excludes halogenated alkanes) is 1. The number of alkyl halides is 3. The average Bonchev–Trinajstić information content (AvgIpc) is 2.74. The lowest BCUT2D eigenvalue weighted by Gasteiger charge is -2.13. The highest BCUT2D eigenvalue weighted by molar-refractivity contribution is 6.33. The van der Waals surface area contributed by atoms with E-state index < -0.39 is 39.7 Å². The molecule has 0 aliphatic carbocycles. The normalized spacial score (nSPS) is 11.5. The van der Waals surface area contributed by atoms with Crippen molar-refractivity contribution in [2.24, 2.45) is 0 Å². The second kappa shape index (κ2) is 9.88. The van der Waals surface area contributed by atoms with Gasteiger partial charge in [0.1, 0.15) is 5.82 Å². The molecule has 0 bridgehead atoms. The van der Waals surface area contributed by atoms with Crippen molar-refractivity contribution in [1.29, 1.82) is 0 Å². The van der Waals surface area contributed by atoms with Crippen molar-refractivity contribution in [2.75, 3.05) is 6.61 Å². The molecule has 174 valence electrons. The van der Waals surface area contributed by atoms with Crippen molar-refractivity contribution in [3.8, 4) is 16.9 Å². The number of aromatic nitrogens is 3. The topological polar surface area (TPSA) is 74.1 Å². The van der Waals surface area contributed by atoms with Crippen LogP contribution in [0.2, 0.25) is 10.0 Å². The van der Waals surface area contributed by atoms with Crippen LogP contribution in [0.25, 0.3) is 16.9 Å². The van der Waals surface area contributed by atoms with Gasteiger partial charge >= 0.3 is 12.1 Å². The molecule has 0 atom stereocenters. The van der Waals surface area contributed by atoms with Crippen molar-refractivity contribution in [1.82, 2.24) is 14.8 Å². The summed E-state index contributed by atoms with van der Waals surface area (Å²) in [7, 11) is 0. The summed E-state index contributed by atoms with van der Waals surface area (Å²) in [5.74, 6) is -1.84. The third kappa shape index (κ3) is 5.51. The molecule has 0 aliphatic heterocycles. The summed E-state index contributed by atoms with van der Waals surface area (Å²) in [5, 5.41) is 3.34. The minimum Gasteiger partial charge on any atom is -0.461 e. The largest absolute Gasteiger partial charge is 0.461 e. The summed E-state index contributed by atoms with van der Waals surface area (Å²) >= 11 is 12.1. The Morgan fingerprint density at radius 2 is 1.91 bits per heavy atom. The molecule has 6 nitrogen and oxygen atoms in total. The van der Waals surface area contributed by atoms with Gasteiger partial charge in [0.25, 0.3) is 0 Å². The smallest absolute Gasteiger partial charge is 0.417 e. The zero-order valence-corrected chi connectivity index (χ0v) is 18.4. The Morgan fingerprint density at radius 3 is 2.55 bits per heavy atom. The van der Waals surface area contributed by atoms with E-state index in [9.17, 15) is 27.2 Å². The predicted molar refractivity (Wildman–Crippen MR) is 113 cm³/mol. The van der Waals surface area contributed by atoms with Crippen molar-refractivity contribution >= 4 is 29.2 Å². The van der Waals surface area contributed by atoms with Crippen LogP contribution in [-0.4, -0.2) is 27.3 Å². The van der Waals surface area contributed by atoms with Crippen LogP contribution < -0.4 is 5.43 Å². The second-order valence-electron chi connectivity index (χ2n) is 6.80. The van der Waals surface area contributed by atoms with Gasteiger partial charge in [-0.05, 0) is 24.6 Å². The number of ether oxygens (including phenoxy) is 1. The van der Waals surface area contributed by atoms with Crippen LogP contribution in [0.3, 0.4) is 0 Å². The van der Waals surface area contributed by atoms with Crippen LogP contribution in [0, 0.1) is 5.82 Å². The summed E-state index contributed by atoms with van der Waals surface area (Å²) in [5.41, 5.74) is -2.81. The second-order valence-corrected chi connectivity index (χ2v) is 7.61. The highest BCUT2D eigenvalue weighted by Crippen LogP contribution is 2.36.